The third-order valence-electron chi connectivity index (χ3n) is 4.79. The topological polar surface area (TPSA) is 15.3 Å². The number of nitrogens with one attached hydrogen (secondary N) is 1. The summed E-state index contributed by atoms with van der Waals surface area (Å²) >= 11 is 0. The Bertz CT molecular complexity index is 425. The number of nitrogens with zero attached hydrogens (tertiary/aromatic N) is 1. The smallest absolute Gasteiger partial charge is 0.0240 e. The Hall–Kier alpha value is -0.860. The third kappa shape index (κ3) is 3.01. The Labute approximate surface area is 117 Å². The van der Waals surface area contributed by atoms with Crippen LogP contribution in [-0.4, -0.2) is 30.1 Å². The molecule has 1 saturated heterocycles. The molecule has 19 heavy (non-hydrogen) atoms. The maximum Gasteiger partial charge on any atom is 0.0240 e. The Morgan fingerprint density at radius 1 is 1.21 bits per heavy atom. The highest BCUT2D eigenvalue weighted by Crippen LogP contribution is 2.34. The molecule has 0 amide bonds. The number of hydrogen-bond donors (Lipinski definition) is 1. The molecular weight excluding hydrogens is 232 g/mol. The molecular formula is C17H26N2. The van der Waals surface area contributed by atoms with Crippen molar-refractivity contribution in [3.63, 3.8) is 0 Å². The summed E-state index contributed by atoms with van der Waals surface area (Å²) in [4.78, 5) is 2.67. The lowest BCUT2D eigenvalue weighted by atomic mass is 10.0. The lowest BCUT2D eigenvalue weighted by Gasteiger charge is -2.39. The number of aryl methyl sites for hydroxylation is 1. The second-order valence-corrected chi connectivity index (χ2v) is 6.25. The van der Waals surface area contributed by atoms with Crippen LogP contribution in [0.3, 0.4) is 0 Å². The van der Waals surface area contributed by atoms with Gasteiger partial charge in [0, 0.05) is 31.7 Å². The summed E-state index contributed by atoms with van der Waals surface area (Å²) in [6, 6.07) is 10.3. The first-order valence-electron chi connectivity index (χ1n) is 7.82. The maximum atomic E-state index is 3.73. The van der Waals surface area contributed by atoms with Gasteiger partial charge in [0.1, 0.15) is 0 Å². The fourth-order valence-electron chi connectivity index (χ4n) is 3.26. The van der Waals surface area contributed by atoms with Crippen molar-refractivity contribution in [2.75, 3.05) is 13.1 Å². The predicted molar refractivity (Wildman–Crippen MR) is 80.2 cm³/mol. The highest BCUT2D eigenvalue weighted by molar-refractivity contribution is 5.27. The second-order valence-electron chi connectivity index (χ2n) is 6.25. The largest absolute Gasteiger partial charge is 0.311 e. The standard InChI is InChI=1S/C17H26N2/c1-3-14-6-4-5-7-16(14)11-19-12-17(15-8-9-15)18-10-13(19)2/h4-7,13,15,17-18H,3,8-12H2,1-2H3. The lowest BCUT2D eigenvalue weighted by molar-refractivity contribution is 0.125. The quantitative estimate of drug-likeness (QED) is 0.893. The molecule has 104 valence electrons. The molecule has 0 bridgehead atoms. The van der Waals surface area contributed by atoms with Crippen molar-refractivity contribution in [1.29, 1.82) is 0 Å². The Morgan fingerprint density at radius 2 is 1.95 bits per heavy atom. The number of hydrogen-bond acceptors (Lipinski definition) is 2. The molecule has 3 rings (SSSR count). The van der Waals surface area contributed by atoms with Gasteiger partial charge in [0.05, 0.1) is 0 Å². The molecule has 0 radical (unpaired) electrons. The van der Waals surface area contributed by atoms with Crippen LogP contribution in [0.5, 0.6) is 0 Å². The van der Waals surface area contributed by atoms with Gasteiger partial charge in [-0.05, 0) is 43.2 Å². The third-order valence-corrected chi connectivity index (χ3v) is 4.79. The SMILES string of the molecule is CCc1ccccc1CN1CC(C2CC2)NCC1C. The zero-order valence-electron chi connectivity index (χ0n) is 12.2. The van der Waals surface area contributed by atoms with Crippen molar-refractivity contribution in [1.82, 2.24) is 10.2 Å². The van der Waals surface area contributed by atoms with Crippen LogP contribution in [0.15, 0.2) is 24.3 Å². The molecule has 1 aliphatic carbocycles. The van der Waals surface area contributed by atoms with E-state index in [1.54, 1.807) is 0 Å². The van der Waals surface area contributed by atoms with Crippen LogP contribution in [0.2, 0.25) is 0 Å². The molecule has 2 atom stereocenters. The average Bonchev–Trinajstić information content (AvgIpc) is 3.26. The van der Waals surface area contributed by atoms with E-state index >= 15 is 0 Å². The first-order valence-corrected chi connectivity index (χ1v) is 7.82. The summed E-state index contributed by atoms with van der Waals surface area (Å²) in [7, 11) is 0. The minimum absolute atomic E-state index is 0.653. The van der Waals surface area contributed by atoms with Crippen LogP contribution >= 0.6 is 0 Å². The molecule has 2 aliphatic rings. The molecule has 2 heteroatoms. The summed E-state index contributed by atoms with van der Waals surface area (Å²) in [5, 5.41) is 3.73. The molecule has 1 aromatic carbocycles. The lowest BCUT2D eigenvalue weighted by Crippen LogP contribution is -2.55. The van der Waals surface area contributed by atoms with Crippen LogP contribution in [0.4, 0.5) is 0 Å². The van der Waals surface area contributed by atoms with Crippen LogP contribution in [0, 0.1) is 5.92 Å². The van der Waals surface area contributed by atoms with Crippen molar-refractivity contribution in [3.8, 4) is 0 Å². The van der Waals surface area contributed by atoms with Gasteiger partial charge in [-0.2, -0.15) is 0 Å². The van der Waals surface area contributed by atoms with Gasteiger partial charge in [-0.1, -0.05) is 31.2 Å². The Morgan fingerprint density at radius 3 is 2.63 bits per heavy atom. The van der Waals surface area contributed by atoms with E-state index in [9.17, 15) is 0 Å². The highest BCUT2D eigenvalue weighted by atomic mass is 15.2. The van der Waals surface area contributed by atoms with Gasteiger partial charge >= 0.3 is 0 Å². The average molecular weight is 258 g/mol. The van der Waals surface area contributed by atoms with Gasteiger partial charge in [-0.15, -0.1) is 0 Å². The van der Waals surface area contributed by atoms with Crippen LogP contribution < -0.4 is 5.32 Å². The summed E-state index contributed by atoms with van der Waals surface area (Å²) in [6.07, 6.45) is 4.01. The molecule has 0 spiro atoms. The van der Waals surface area contributed by atoms with E-state index in [-0.39, 0.29) is 0 Å². The van der Waals surface area contributed by atoms with Crippen molar-refractivity contribution < 1.29 is 0 Å². The molecule has 2 fully saturated rings. The molecule has 1 saturated carbocycles. The Balaban J connectivity index is 1.69. The van der Waals surface area contributed by atoms with Crippen molar-refractivity contribution >= 4 is 0 Å². The van der Waals surface area contributed by atoms with Crippen molar-refractivity contribution in [3.05, 3.63) is 35.4 Å². The van der Waals surface area contributed by atoms with E-state index in [1.165, 1.54) is 30.5 Å². The zero-order chi connectivity index (χ0) is 13.2. The predicted octanol–water partition coefficient (Wildman–Crippen LogP) is 2.82. The normalized spacial score (nSPS) is 28.5. The van der Waals surface area contributed by atoms with E-state index < -0.39 is 0 Å². The van der Waals surface area contributed by atoms with E-state index in [2.05, 4.69) is 48.3 Å². The maximum absolute atomic E-state index is 3.73. The first kappa shape index (κ1) is 13.1. The molecule has 2 unspecified atom stereocenters. The van der Waals surface area contributed by atoms with Gasteiger partial charge in [0.2, 0.25) is 0 Å². The second kappa shape index (κ2) is 5.64. The monoisotopic (exact) mass is 258 g/mol. The molecule has 1 N–H and O–H groups in total. The molecule has 1 aromatic rings. The van der Waals surface area contributed by atoms with E-state index in [1.807, 2.05) is 0 Å². The fourth-order valence-corrected chi connectivity index (χ4v) is 3.26. The van der Waals surface area contributed by atoms with Gasteiger partial charge in [0.15, 0.2) is 0 Å². The minimum atomic E-state index is 0.653. The van der Waals surface area contributed by atoms with Gasteiger partial charge in [0.25, 0.3) is 0 Å². The molecule has 0 aromatic heterocycles. The van der Waals surface area contributed by atoms with Crippen molar-refractivity contribution in [2.24, 2.45) is 5.92 Å². The van der Waals surface area contributed by atoms with E-state index in [0.717, 1.165) is 31.5 Å². The highest BCUT2D eigenvalue weighted by Gasteiger charge is 2.35. The van der Waals surface area contributed by atoms with E-state index in [0.29, 0.717) is 6.04 Å². The zero-order valence-corrected chi connectivity index (χ0v) is 12.2. The fraction of sp³-hybridized carbons (Fsp3) is 0.647. The number of benzene rings is 1. The summed E-state index contributed by atoms with van der Waals surface area (Å²) in [5.41, 5.74) is 3.03. The summed E-state index contributed by atoms with van der Waals surface area (Å²) < 4.78 is 0. The van der Waals surface area contributed by atoms with Crippen LogP contribution in [-0.2, 0) is 13.0 Å². The van der Waals surface area contributed by atoms with E-state index in [4.69, 9.17) is 0 Å². The van der Waals surface area contributed by atoms with Crippen LogP contribution in [0.1, 0.15) is 37.8 Å². The van der Waals surface area contributed by atoms with Gasteiger partial charge < -0.3 is 5.32 Å². The van der Waals surface area contributed by atoms with Crippen LogP contribution in [0.25, 0.3) is 0 Å². The minimum Gasteiger partial charge on any atom is -0.311 e. The first-order chi connectivity index (χ1) is 9.28. The number of rotatable bonds is 4. The van der Waals surface area contributed by atoms with Crippen molar-refractivity contribution in [2.45, 2.75) is 51.7 Å². The molecule has 1 aliphatic heterocycles. The molecule has 2 nitrogen and oxygen atoms in total. The number of piperazine rings is 1. The summed E-state index contributed by atoms with van der Waals surface area (Å²) in [5.74, 6) is 0.955. The van der Waals surface area contributed by atoms with Gasteiger partial charge in [-0.3, -0.25) is 4.90 Å². The van der Waals surface area contributed by atoms with Gasteiger partial charge in [-0.25, -0.2) is 0 Å². The summed E-state index contributed by atoms with van der Waals surface area (Å²) in [6.45, 7) is 8.10. The molecule has 1 heterocycles. The Kier molecular flexibility index (Phi) is 3.90.